The molecule has 0 unspecified atom stereocenters. The van der Waals surface area contributed by atoms with Crippen molar-refractivity contribution in [3.05, 3.63) is 35.1 Å². The number of rotatable bonds is 6. The Hall–Kier alpha value is -1.64. The van der Waals surface area contributed by atoms with E-state index in [-0.39, 0.29) is 11.6 Å². The van der Waals surface area contributed by atoms with Crippen LogP contribution in [0.4, 0.5) is 13.2 Å². The second-order valence-electron chi connectivity index (χ2n) is 6.16. The minimum atomic E-state index is -1.56. The average Bonchev–Trinajstić information content (AvgIpc) is 2.58. The van der Waals surface area contributed by atoms with Gasteiger partial charge in [-0.25, -0.2) is 18.0 Å². The molecule has 0 spiro atoms. The molecule has 0 radical (unpaired) electrons. The first-order valence-corrected chi connectivity index (χ1v) is 8.09. The van der Waals surface area contributed by atoms with Crippen LogP contribution in [0.2, 0.25) is 0 Å². The second-order valence-corrected chi connectivity index (χ2v) is 6.16. The van der Waals surface area contributed by atoms with E-state index in [1.165, 1.54) is 7.11 Å². The van der Waals surface area contributed by atoms with Crippen molar-refractivity contribution in [2.75, 3.05) is 47.0 Å². The molecule has 1 aromatic rings. The molecule has 0 saturated carbocycles. The van der Waals surface area contributed by atoms with Crippen LogP contribution < -0.4 is 0 Å². The summed E-state index contributed by atoms with van der Waals surface area (Å²) in [5.74, 6) is -4.89. The van der Waals surface area contributed by atoms with E-state index >= 15 is 0 Å². The molecule has 1 heterocycles. The number of likely N-dealkylation sites (N-methyl/N-ethyl adjacent to an activating group) is 1. The minimum absolute atomic E-state index is 0.0146. The maximum absolute atomic E-state index is 13.6. The molecular weight excluding hydrogens is 337 g/mol. The highest BCUT2D eigenvalue weighted by atomic mass is 19.2. The summed E-state index contributed by atoms with van der Waals surface area (Å²) in [6, 6.07) is 0.882. The van der Waals surface area contributed by atoms with Gasteiger partial charge in [0.15, 0.2) is 17.5 Å². The van der Waals surface area contributed by atoms with E-state index in [1.807, 2.05) is 6.92 Å². The molecule has 0 aromatic heterocycles. The van der Waals surface area contributed by atoms with Crippen LogP contribution in [0.1, 0.15) is 18.5 Å². The highest BCUT2D eigenvalue weighted by Crippen LogP contribution is 2.25. The largest absolute Gasteiger partial charge is 0.468 e. The number of methoxy groups -OCH3 is 1. The van der Waals surface area contributed by atoms with Gasteiger partial charge in [-0.05, 0) is 31.7 Å². The molecule has 1 fully saturated rings. The minimum Gasteiger partial charge on any atom is -0.468 e. The molecule has 1 aliphatic heterocycles. The molecule has 0 aliphatic carbocycles. The summed E-state index contributed by atoms with van der Waals surface area (Å²) in [5, 5.41) is 0. The lowest BCUT2D eigenvalue weighted by molar-refractivity contribution is -0.147. The highest BCUT2D eigenvalue weighted by molar-refractivity contribution is 5.77. The van der Waals surface area contributed by atoms with Crippen molar-refractivity contribution in [3.63, 3.8) is 0 Å². The van der Waals surface area contributed by atoms with E-state index in [2.05, 4.69) is 4.90 Å². The molecule has 0 bridgehead atoms. The van der Waals surface area contributed by atoms with Crippen LogP contribution in [0, 0.1) is 17.5 Å². The summed E-state index contributed by atoms with van der Waals surface area (Å²) in [7, 11) is 2.86. The van der Waals surface area contributed by atoms with Crippen LogP contribution in [-0.2, 0) is 14.3 Å². The third kappa shape index (κ3) is 4.71. The van der Waals surface area contributed by atoms with Gasteiger partial charge in [0, 0.05) is 25.7 Å². The van der Waals surface area contributed by atoms with Gasteiger partial charge in [0.2, 0.25) is 0 Å². The third-order valence-electron chi connectivity index (χ3n) is 4.43. The Labute approximate surface area is 145 Å². The van der Waals surface area contributed by atoms with Crippen LogP contribution in [0.25, 0.3) is 0 Å². The van der Waals surface area contributed by atoms with Gasteiger partial charge >= 0.3 is 5.97 Å². The van der Waals surface area contributed by atoms with Crippen molar-refractivity contribution >= 4 is 5.97 Å². The Balaban J connectivity index is 2.15. The smallest absolute Gasteiger partial charge is 0.327 e. The predicted octanol–water partition coefficient (Wildman–Crippen LogP) is 1.97. The normalized spacial score (nSPS) is 19.9. The summed E-state index contributed by atoms with van der Waals surface area (Å²) >= 11 is 0. The van der Waals surface area contributed by atoms with Crippen LogP contribution in [0.15, 0.2) is 12.1 Å². The fourth-order valence-electron chi connectivity index (χ4n) is 2.92. The molecule has 2 atom stereocenters. The molecule has 2 rings (SSSR count). The maximum Gasteiger partial charge on any atom is 0.327 e. The Morgan fingerprint density at radius 1 is 1.40 bits per heavy atom. The van der Waals surface area contributed by atoms with Crippen LogP contribution in [0.5, 0.6) is 0 Å². The fourth-order valence-corrected chi connectivity index (χ4v) is 2.92. The lowest BCUT2D eigenvalue weighted by atomic mass is 10.0. The number of ether oxygens (including phenoxy) is 2. The molecular formula is C17H23F3N2O3. The van der Waals surface area contributed by atoms with Crippen molar-refractivity contribution in [2.45, 2.75) is 19.0 Å². The number of hydrogen-bond donors (Lipinski definition) is 0. The topological polar surface area (TPSA) is 42.0 Å². The number of nitrogens with zero attached hydrogens (tertiary/aromatic N) is 2. The predicted molar refractivity (Wildman–Crippen MR) is 85.6 cm³/mol. The molecule has 5 nitrogen and oxygen atoms in total. The third-order valence-corrected chi connectivity index (χ3v) is 4.43. The van der Waals surface area contributed by atoms with E-state index < -0.39 is 29.5 Å². The van der Waals surface area contributed by atoms with Crippen molar-refractivity contribution in [2.24, 2.45) is 0 Å². The van der Waals surface area contributed by atoms with Gasteiger partial charge in [-0.1, -0.05) is 0 Å². The Morgan fingerprint density at radius 3 is 2.60 bits per heavy atom. The highest BCUT2D eigenvalue weighted by Gasteiger charge is 2.29. The van der Waals surface area contributed by atoms with E-state index in [0.717, 1.165) is 18.7 Å². The molecule has 0 N–H and O–H groups in total. The Bertz CT molecular complexity index is 592. The number of carbonyl (C=O) groups is 1. The zero-order chi connectivity index (χ0) is 18.6. The summed E-state index contributed by atoms with van der Waals surface area (Å²) in [5.41, 5.74) is 0.0146. The summed E-state index contributed by atoms with van der Waals surface area (Å²) in [4.78, 5) is 16.0. The molecule has 1 aromatic carbocycles. The number of esters is 1. The summed E-state index contributed by atoms with van der Waals surface area (Å²) in [6.45, 7) is 5.21. The maximum atomic E-state index is 13.6. The first-order chi connectivity index (χ1) is 11.8. The standard InChI is InChI=1S/C17H23F3N2O3/c1-11-10-25-7-6-22(11)5-4-21(2)16(17(23)24-3)12-8-13(18)15(20)14(19)9-12/h8-9,11,16H,4-7,10H2,1-3H3/t11-,16-/m0/s1. The second kappa shape index (κ2) is 8.64. The van der Waals surface area contributed by atoms with Gasteiger partial charge in [0.1, 0.15) is 6.04 Å². The van der Waals surface area contributed by atoms with Gasteiger partial charge < -0.3 is 9.47 Å². The molecule has 8 heteroatoms. The Kier molecular flexibility index (Phi) is 6.80. The number of benzene rings is 1. The average molecular weight is 360 g/mol. The monoisotopic (exact) mass is 360 g/mol. The SMILES string of the molecule is COC(=O)[C@H](c1cc(F)c(F)c(F)c1)N(C)CCN1CCOC[C@@H]1C. The zero-order valence-corrected chi connectivity index (χ0v) is 14.6. The molecule has 25 heavy (non-hydrogen) atoms. The number of halogens is 3. The Morgan fingerprint density at radius 2 is 2.04 bits per heavy atom. The zero-order valence-electron chi connectivity index (χ0n) is 14.6. The van der Waals surface area contributed by atoms with Crippen LogP contribution >= 0.6 is 0 Å². The first kappa shape index (κ1) is 19.7. The van der Waals surface area contributed by atoms with E-state index in [1.54, 1.807) is 11.9 Å². The first-order valence-electron chi connectivity index (χ1n) is 8.09. The van der Waals surface area contributed by atoms with Gasteiger partial charge in [-0.3, -0.25) is 9.80 Å². The number of morpholine rings is 1. The van der Waals surface area contributed by atoms with Crippen LogP contribution in [-0.4, -0.2) is 68.8 Å². The molecule has 1 saturated heterocycles. The summed E-state index contributed by atoms with van der Waals surface area (Å²) in [6.07, 6.45) is 0. The quantitative estimate of drug-likeness (QED) is 0.573. The molecule has 1 aliphatic rings. The molecule has 0 amide bonds. The lowest BCUT2D eigenvalue weighted by Gasteiger charge is -2.35. The number of hydrogen-bond acceptors (Lipinski definition) is 5. The van der Waals surface area contributed by atoms with Crippen molar-refractivity contribution in [1.29, 1.82) is 0 Å². The number of carbonyl (C=O) groups excluding carboxylic acids is 1. The van der Waals surface area contributed by atoms with E-state index in [0.29, 0.717) is 26.3 Å². The van der Waals surface area contributed by atoms with Gasteiger partial charge in [-0.2, -0.15) is 0 Å². The van der Waals surface area contributed by atoms with Crippen molar-refractivity contribution in [3.8, 4) is 0 Å². The van der Waals surface area contributed by atoms with Gasteiger partial charge in [0.25, 0.3) is 0 Å². The van der Waals surface area contributed by atoms with Gasteiger partial charge in [0.05, 0.1) is 20.3 Å². The van der Waals surface area contributed by atoms with E-state index in [4.69, 9.17) is 9.47 Å². The summed E-state index contributed by atoms with van der Waals surface area (Å²) < 4.78 is 50.4. The lowest BCUT2D eigenvalue weighted by Crippen LogP contribution is -2.47. The van der Waals surface area contributed by atoms with Crippen LogP contribution in [0.3, 0.4) is 0 Å². The fraction of sp³-hybridized carbons (Fsp3) is 0.588. The van der Waals surface area contributed by atoms with Crippen molar-refractivity contribution < 1.29 is 27.4 Å². The van der Waals surface area contributed by atoms with E-state index in [9.17, 15) is 18.0 Å². The van der Waals surface area contributed by atoms with Crippen molar-refractivity contribution in [1.82, 2.24) is 9.80 Å². The molecule has 140 valence electrons. The van der Waals surface area contributed by atoms with Gasteiger partial charge in [-0.15, -0.1) is 0 Å².